The first-order valence-electron chi connectivity index (χ1n) is 4.36. The summed E-state index contributed by atoms with van der Waals surface area (Å²) in [7, 11) is 1.70. The van der Waals surface area contributed by atoms with Crippen LogP contribution in [0.2, 0.25) is 0 Å². The van der Waals surface area contributed by atoms with E-state index >= 15 is 0 Å². The van der Waals surface area contributed by atoms with E-state index in [-0.39, 0.29) is 5.56 Å². The van der Waals surface area contributed by atoms with E-state index in [1.54, 1.807) is 24.7 Å². The second kappa shape index (κ2) is 3.51. The second-order valence-corrected chi connectivity index (χ2v) is 4.25. The maximum atomic E-state index is 11.6. The van der Waals surface area contributed by atoms with Crippen molar-refractivity contribution in [2.45, 2.75) is 6.42 Å². The van der Waals surface area contributed by atoms with Crippen molar-refractivity contribution < 1.29 is 0 Å². The van der Waals surface area contributed by atoms with Gasteiger partial charge >= 0.3 is 0 Å². The van der Waals surface area contributed by atoms with Crippen molar-refractivity contribution in [3.05, 3.63) is 27.6 Å². The highest BCUT2D eigenvalue weighted by Gasteiger charge is 2.06. The summed E-state index contributed by atoms with van der Waals surface area (Å²) in [6.45, 7) is 0.604. The van der Waals surface area contributed by atoms with E-state index in [4.69, 9.17) is 5.73 Å². The number of aromatic nitrogens is 2. The number of thiophene rings is 1. The van der Waals surface area contributed by atoms with Crippen LogP contribution < -0.4 is 11.3 Å². The molecule has 2 aromatic heterocycles. The summed E-state index contributed by atoms with van der Waals surface area (Å²) in [5, 5.41) is 0.698. The van der Waals surface area contributed by atoms with Crippen molar-refractivity contribution in [1.82, 2.24) is 9.55 Å². The zero-order valence-electron chi connectivity index (χ0n) is 7.86. The number of hydrogen-bond donors (Lipinski definition) is 1. The lowest BCUT2D eigenvalue weighted by Gasteiger charge is -1.93. The van der Waals surface area contributed by atoms with Crippen LogP contribution in [0.5, 0.6) is 0 Å². The highest BCUT2D eigenvalue weighted by atomic mass is 32.1. The molecule has 0 aliphatic carbocycles. The molecule has 2 N–H and O–H groups in total. The van der Waals surface area contributed by atoms with E-state index in [0.29, 0.717) is 11.9 Å². The van der Waals surface area contributed by atoms with Crippen molar-refractivity contribution in [2.75, 3.05) is 6.54 Å². The molecular formula is C9H11N3OS. The Morgan fingerprint density at radius 2 is 2.43 bits per heavy atom. The highest BCUT2D eigenvalue weighted by molar-refractivity contribution is 7.18. The minimum Gasteiger partial charge on any atom is -0.330 e. The summed E-state index contributed by atoms with van der Waals surface area (Å²) in [6.07, 6.45) is 2.36. The zero-order valence-corrected chi connectivity index (χ0v) is 8.67. The molecule has 0 bridgehead atoms. The fourth-order valence-corrected chi connectivity index (χ4v) is 2.33. The monoisotopic (exact) mass is 209 g/mol. The van der Waals surface area contributed by atoms with E-state index in [0.717, 1.165) is 16.1 Å². The van der Waals surface area contributed by atoms with Gasteiger partial charge in [-0.2, -0.15) is 0 Å². The van der Waals surface area contributed by atoms with Gasteiger partial charge in [0.1, 0.15) is 4.83 Å². The van der Waals surface area contributed by atoms with Gasteiger partial charge in [0.2, 0.25) is 0 Å². The van der Waals surface area contributed by atoms with E-state index in [9.17, 15) is 4.79 Å². The molecule has 74 valence electrons. The summed E-state index contributed by atoms with van der Waals surface area (Å²) in [5.41, 5.74) is 5.46. The van der Waals surface area contributed by atoms with Gasteiger partial charge in [0.25, 0.3) is 5.56 Å². The van der Waals surface area contributed by atoms with Crippen molar-refractivity contribution in [3.8, 4) is 0 Å². The standard InChI is InChI=1S/C9H11N3OS/c1-12-5-11-8-7(9(12)13)4-6(14-8)2-3-10/h4-5H,2-3,10H2,1H3. The maximum absolute atomic E-state index is 11.6. The van der Waals surface area contributed by atoms with Gasteiger partial charge in [0, 0.05) is 11.9 Å². The van der Waals surface area contributed by atoms with Gasteiger partial charge in [-0.3, -0.25) is 4.79 Å². The molecule has 0 aliphatic rings. The van der Waals surface area contributed by atoms with E-state index < -0.39 is 0 Å². The molecule has 0 unspecified atom stereocenters. The van der Waals surface area contributed by atoms with E-state index in [1.807, 2.05) is 6.07 Å². The van der Waals surface area contributed by atoms with Crippen LogP contribution in [0.3, 0.4) is 0 Å². The first kappa shape index (κ1) is 9.36. The average molecular weight is 209 g/mol. The van der Waals surface area contributed by atoms with Gasteiger partial charge in [-0.1, -0.05) is 0 Å². The van der Waals surface area contributed by atoms with Crippen molar-refractivity contribution in [3.63, 3.8) is 0 Å². The van der Waals surface area contributed by atoms with E-state index in [1.165, 1.54) is 4.57 Å². The summed E-state index contributed by atoms with van der Waals surface area (Å²) in [5.74, 6) is 0. The lowest BCUT2D eigenvalue weighted by atomic mass is 10.3. The molecule has 0 saturated carbocycles. The number of hydrogen-bond acceptors (Lipinski definition) is 4. The Bertz CT molecular complexity index is 514. The van der Waals surface area contributed by atoms with Gasteiger partial charge in [0.05, 0.1) is 11.7 Å². The molecule has 2 aromatic rings. The lowest BCUT2D eigenvalue weighted by Crippen LogP contribution is -2.15. The smallest absolute Gasteiger partial charge is 0.261 e. The van der Waals surface area contributed by atoms with Crippen molar-refractivity contribution in [2.24, 2.45) is 12.8 Å². The van der Waals surface area contributed by atoms with Crippen LogP contribution in [0.1, 0.15) is 4.88 Å². The van der Waals surface area contributed by atoms with Crippen LogP contribution >= 0.6 is 11.3 Å². The molecule has 0 radical (unpaired) electrons. The molecule has 2 rings (SSSR count). The van der Waals surface area contributed by atoms with Gasteiger partial charge in [-0.15, -0.1) is 11.3 Å². The molecule has 0 aromatic carbocycles. The first-order valence-corrected chi connectivity index (χ1v) is 5.18. The number of nitrogens with zero attached hydrogens (tertiary/aromatic N) is 2. The van der Waals surface area contributed by atoms with Crippen LogP contribution in [-0.4, -0.2) is 16.1 Å². The molecule has 0 spiro atoms. The van der Waals surface area contributed by atoms with Gasteiger partial charge < -0.3 is 10.3 Å². The second-order valence-electron chi connectivity index (χ2n) is 3.13. The molecule has 2 heterocycles. The van der Waals surface area contributed by atoms with Gasteiger partial charge in [-0.05, 0) is 19.0 Å². The third-order valence-corrected chi connectivity index (χ3v) is 3.16. The first-order chi connectivity index (χ1) is 6.72. The third kappa shape index (κ3) is 1.44. The number of rotatable bonds is 2. The zero-order chi connectivity index (χ0) is 10.1. The Kier molecular flexibility index (Phi) is 2.35. The Hall–Kier alpha value is -1.20. The Morgan fingerprint density at radius 3 is 3.14 bits per heavy atom. The molecule has 0 amide bonds. The normalized spacial score (nSPS) is 11.0. The van der Waals surface area contributed by atoms with Crippen molar-refractivity contribution >= 4 is 21.6 Å². The Morgan fingerprint density at radius 1 is 1.64 bits per heavy atom. The molecule has 0 fully saturated rings. The number of aryl methyl sites for hydroxylation is 1. The van der Waals surface area contributed by atoms with Crippen LogP contribution in [0.4, 0.5) is 0 Å². The van der Waals surface area contributed by atoms with Crippen LogP contribution in [0.25, 0.3) is 10.2 Å². The largest absolute Gasteiger partial charge is 0.330 e. The summed E-state index contributed by atoms with van der Waals surface area (Å²) < 4.78 is 1.49. The predicted molar refractivity (Wildman–Crippen MR) is 57.6 cm³/mol. The Balaban J connectivity index is 2.65. The molecule has 14 heavy (non-hydrogen) atoms. The van der Waals surface area contributed by atoms with Gasteiger partial charge in [0.15, 0.2) is 0 Å². The predicted octanol–water partition coefficient (Wildman–Crippen LogP) is 0.496. The van der Waals surface area contributed by atoms with E-state index in [2.05, 4.69) is 4.98 Å². The van der Waals surface area contributed by atoms with Crippen molar-refractivity contribution in [1.29, 1.82) is 0 Å². The molecule has 0 aliphatic heterocycles. The van der Waals surface area contributed by atoms with Gasteiger partial charge in [-0.25, -0.2) is 4.98 Å². The fourth-order valence-electron chi connectivity index (χ4n) is 1.33. The summed E-state index contributed by atoms with van der Waals surface area (Å²) in [6, 6.07) is 1.89. The molecule has 4 nitrogen and oxygen atoms in total. The Labute approximate surface area is 85.0 Å². The summed E-state index contributed by atoms with van der Waals surface area (Å²) >= 11 is 1.54. The number of nitrogens with two attached hydrogens (primary N) is 1. The summed E-state index contributed by atoms with van der Waals surface area (Å²) in [4.78, 5) is 17.8. The molecule has 5 heteroatoms. The topological polar surface area (TPSA) is 60.9 Å². The third-order valence-electron chi connectivity index (χ3n) is 2.05. The van der Waals surface area contributed by atoms with Crippen LogP contribution in [0, 0.1) is 0 Å². The quantitative estimate of drug-likeness (QED) is 0.783. The fraction of sp³-hybridized carbons (Fsp3) is 0.333. The molecule has 0 atom stereocenters. The molecule has 0 saturated heterocycles. The minimum atomic E-state index is 0.00882. The SMILES string of the molecule is Cn1cnc2sc(CCN)cc2c1=O. The lowest BCUT2D eigenvalue weighted by molar-refractivity contribution is 0.844. The maximum Gasteiger partial charge on any atom is 0.261 e. The highest BCUT2D eigenvalue weighted by Crippen LogP contribution is 2.20. The number of fused-ring (bicyclic) bond motifs is 1. The van der Waals surface area contributed by atoms with Crippen LogP contribution in [-0.2, 0) is 13.5 Å². The average Bonchev–Trinajstić information content (AvgIpc) is 2.56. The van der Waals surface area contributed by atoms with Crippen LogP contribution in [0.15, 0.2) is 17.2 Å². The minimum absolute atomic E-state index is 0.00882. The molecular weight excluding hydrogens is 198 g/mol.